The first-order chi connectivity index (χ1) is 6.17. The van der Waals surface area contributed by atoms with Crippen LogP contribution in [0.25, 0.3) is 0 Å². The third kappa shape index (κ3) is 2.39. The molecule has 0 aromatic heterocycles. The first kappa shape index (κ1) is 9.81. The van der Waals surface area contributed by atoms with Gasteiger partial charge in [-0.05, 0) is 38.2 Å². The van der Waals surface area contributed by atoms with E-state index in [4.69, 9.17) is 4.74 Å². The summed E-state index contributed by atoms with van der Waals surface area (Å²) in [6.45, 7) is 5.28. The van der Waals surface area contributed by atoms with E-state index < -0.39 is 0 Å². The molecule has 0 spiro atoms. The Morgan fingerprint density at radius 1 is 1.46 bits per heavy atom. The van der Waals surface area contributed by atoms with Gasteiger partial charge in [0.05, 0.1) is 6.61 Å². The van der Waals surface area contributed by atoms with Gasteiger partial charge in [0.2, 0.25) is 0 Å². The minimum absolute atomic E-state index is 0.187. The molecule has 2 aliphatic rings. The minimum atomic E-state index is 0.187. The van der Waals surface area contributed by atoms with Crippen molar-refractivity contribution in [1.82, 2.24) is 5.32 Å². The Morgan fingerprint density at radius 2 is 2.31 bits per heavy atom. The zero-order valence-electron chi connectivity index (χ0n) is 8.51. The van der Waals surface area contributed by atoms with Gasteiger partial charge in [-0.25, -0.2) is 0 Å². The first-order valence-electron chi connectivity index (χ1n) is 5.14. The second-order valence-corrected chi connectivity index (χ2v) is 5.89. The number of hydrogen-bond donors (Lipinski definition) is 1. The third-order valence-electron chi connectivity index (χ3n) is 2.78. The molecule has 2 unspecified atom stereocenters. The van der Waals surface area contributed by atoms with Gasteiger partial charge < -0.3 is 4.74 Å². The van der Waals surface area contributed by atoms with Crippen molar-refractivity contribution >= 4 is 11.8 Å². The smallest absolute Gasteiger partial charge is 0.112 e. The first-order valence-corrected chi connectivity index (χ1v) is 6.30. The normalized spacial score (nSPS) is 39.2. The topological polar surface area (TPSA) is 21.3 Å². The molecule has 0 radical (unpaired) electrons. The largest absolute Gasteiger partial charge is 0.361 e. The van der Waals surface area contributed by atoms with Gasteiger partial charge in [0, 0.05) is 11.5 Å². The molecule has 0 bridgehead atoms. The van der Waals surface area contributed by atoms with Crippen molar-refractivity contribution in [3.63, 3.8) is 0 Å². The molecule has 2 rings (SSSR count). The van der Waals surface area contributed by atoms with E-state index in [0.717, 1.165) is 12.5 Å². The van der Waals surface area contributed by atoms with Crippen LogP contribution in [0.2, 0.25) is 0 Å². The van der Waals surface area contributed by atoms with Crippen molar-refractivity contribution in [3.05, 3.63) is 0 Å². The standard InChI is InChI=1S/C10H19NOS/c1-10(2)7-12-9(11-10)8-4-3-5-13-6-8/h8-9,11H,3-7H2,1-2H3. The van der Waals surface area contributed by atoms with Crippen molar-refractivity contribution in [2.24, 2.45) is 5.92 Å². The van der Waals surface area contributed by atoms with Gasteiger partial charge in [0.1, 0.15) is 6.23 Å². The number of ether oxygens (including phenoxy) is 1. The van der Waals surface area contributed by atoms with E-state index in [-0.39, 0.29) is 5.54 Å². The van der Waals surface area contributed by atoms with E-state index >= 15 is 0 Å². The van der Waals surface area contributed by atoms with E-state index in [9.17, 15) is 0 Å². The average Bonchev–Trinajstić information content (AvgIpc) is 2.48. The molecule has 0 aromatic rings. The monoisotopic (exact) mass is 201 g/mol. The number of thioether (sulfide) groups is 1. The number of nitrogens with one attached hydrogen (secondary N) is 1. The van der Waals surface area contributed by atoms with Crippen LogP contribution in [-0.2, 0) is 4.74 Å². The quantitative estimate of drug-likeness (QED) is 0.699. The molecule has 1 N–H and O–H groups in total. The summed E-state index contributed by atoms with van der Waals surface area (Å²) in [5.41, 5.74) is 0.187. The summed E-state index contributed by atoms with van der Waals surface area (Å²) in [6, 6.07) is 0. The Kier molecular flexibility index (Phi) is 2.86. The van der Waals surface area contributed by atoms with Crippen LogP contribution in [0.15, 0.2) is 0 Å². The van der Waals surface area contributed by atoms with Gasteiger partial charge >= 0.3 is 0 Å². The molecule has 76 valence electrons. The SMILES string of the molecule is CC1(C)COC(C2CCCSC2)N1. The Labute approximate surface area is 84.8 Å². The van der Waals surface area contributed by atoms with Crippen molar-refractivity contribution in [3.8, 4) is 0 Å². The van der Waals surface area contributed by atoms with Crippen LogP contribution < -0.4 is 5.32 Å². The summed E-state index contributed by atoms with van der Waals surface area (Å²) in [4.78, 5) is 0. The maximum absolute atomic E-state index is 5.78. The molecule has 2 fully saturated rings. The van der Waals surface area contributed by atoms with Crippen LogP contribution in [0, 0.1) is 5.92 Å². The summed E-state index contributed by atoms with van der Waals surface area (Å²) in [5, 5.41) is 3.56. The van der Waals surface area contributed by atoms with Crippen molar-refractivity contribution in [2.75, 3.05) is 18.1 Å². The highest BCUT2D eigenvalue weighted by molar-refractivity contribution is 7.99. The van der Waals surface area contributed by atoms with Gasteiger partial charge in [-0.3, -0.25) is 5.32 Å². The fraction of sp³-hybridized carbons (Fsp3) is 1.00. The Morgan fingerprint density at radius 3 is 2.85 bits per heavy atom. The summed E-state index contributed by atoms with van der Waals surface area (Å²) in [7, 11) is 0. The molecule has 2 atom stereocenters. The Bertz CT molecular complexity index is 178. The molecule has 0 aromatic carbocycles. The third-order valence-corrected chi connectivity index (χ3v) is 4.02. The summed E-state index contributed by atoms with van der Waals surface area (Å²) >= 11 is 2.07. The van der Waals surface area contributed by atoms with E-state index in [1.807, 2.05) is 0 Å². The van der Waals surface area contributed by atoms with Crippen LogP contribution >= 0.6 is 11.8 Å². The molecular weight excluding hydrogens is 182 g/mol. The average molecular weight is 201 g/mol. The van der Waals surface area contributed by atoms with E-state index in [1.165, 1.54) is 24.3 Å². The fourth-order valence-electron chi connectivity index (χ4n) is 2.02. The molecule has 2 heterocycles. The van der Waals surface area contributed by atoms with E-state index in [0.29, 0.717) is 6.23 Å². The lowest BCUT2D eigenvalue weighted by molar-refractivity contribution is 0.0549. The highest BCUT2D eigenvalue weighted by Crippen LogP contribution is 2.29. The van der Waals surface area contributed by atoms with Crippen LogP contribution in [0.4, 0.5) is 0 Å². The lowest BCUT2D eigenvalue weighted by atomic mass is 10.0. The minimum Gasteiger partial charge on any atom is -0.361 e. The van der Waals surface area contributed by atoms with Crippen molar-refractivity contribution in [2.45, 2.75) is 38.5 Å². The fourth-order valence-corrected chi connectivity index (χ4v) is 3.21. The lowest BCUT2D eigenvalue weighted by Gasteiger charge is -2.27. The highest BCUT2D eigenvalue weighted by Gasteiger charge is 2.35. The van der Waals surface area contributed by atoms with Crippen molar-refractivity contribution in [1.29, 1.82) is 0 Å². The molecular formula is C10H19NOS. The second kappa shape index (κ2) is 3.79. The summed E-state index contributed by atoms with van der Waals surface area (Å²) in [5.74, 6) is 3.35. The van der Waals surface area contributed by atoms with Gasteiger partial charge in [0.15, 0.2) is 0 Å². The molecule has 0 saturated carbocycles. The Hall–Kier alpha value is 0.270. The molecule has 2 saturated heterocycles. The zero-order chi connectivity index (χ0) is 9.31. The van der Waals surface area contributed by atoms with Gasteiger partial charge in [0.25, 0.3) is 0 Å². The molecule has 13 heavy (non-hydrogen) atoms. The second-order valence-electron chi connectivity index (χ2n) is 4.74. The van der Waals surface area contributed by atoms with Crippen LogP contribution in [0.5, 0.6) is 0 Å². The van der Waals surface area contributed by atoms with E-state index in [1.54, 1.807) is 0 Å². The molecule has 3 heteroatoms. The predicted octanol–water partition coefficient (Wildman–Crippen LogP) is 1.85. The maximum Gasteiger partial charge on any atom is 0.112 e. The number of hydrogen-bond acceptors (Lipinski definition) is 3. The van der Waals surface area contributed by atoms with Crippen molar-refractivity contribution < 1.29 is 4.74 Å². The number of rotatable bonds is 1. The molecule has 2 nitrogen and oxygen atoms in total. The predicted molar refractivity (Wildman–Crippen MR) is 57.0 cm³/mol. The molecule has 2 aliphatic heterocycles. The van der Waals surface area contributed by atoms with Gasteiger partial charge in [-0.2, -0.15) is 11.8 Å². The van der Waals surface area contributed by atoms with Crippen LogP contribution in [0.3, 0.4) is 0 Å². The maximum atomic E-state index is 5.78. The molecule has 0 amide bonds. The highest BCUT2D eigenvalue weighted by atomic mass is 32.2. The Balaban J connectivity index is 1.87. The zero-order valence-corrected chi connectivity index (χ0v) is 9.32. The lowest BCUT2D eigenvalue weighted by Crippen LogP contribution is -2.43. The summed E-state index contributed by atoms with van der Waals surface area (Å²) in [6.07, 6.45) is 3.01. The summed E-state index contributed by atoms with van der Waals surface area (Å²) < 4.78 is 5.78. The van der Waals surface area contributed by atoms with Crippen LogP contribution in [0.1, 0.15) is 26.7 Å². The van der Waals surface area contributed by atoms with E-state index in [2.05, 4.69) is 30.9 Å². The molecule has 0 aliphatic carbocycles. The van der Waals surface area contributed by atoms with Gasteiger partial charge in [-0.1, -0.05) is 0 Å². The van der Waals surface area contributed by atoms with Crippen LogP contribution in [-0.4, -0.2) is 29.9 Å². The van der Waals surface area contributed by atoms with Gasteiger partial charge in [-0.15, -0.1) is 0 Å².